The summed E-state index contributed by atoms with van der Waals surface area (Å²) in [6.45, 7) is -1.23. The standard InChI is InChI=1S/C41H30O28/c42-12-1-8(2-13(43)23(12)49)34(57)68-39-33(66-37(60)11-5-16(46)26(52)30(56)21(11)22-31-38(61)69-41(22,6-18(47)48)40(62)67-31)32-27(53)17(64-39)7-63-35(58)9-3-14(44)24(50)28(54)19(9)20-10(36(59)65-32)4-15(45)25(51)29(20)55/h1-5,17,22,27,31-33,39,42-46,49-56H,6-7H2,(H,47,48). The SMILES string of the molecule is O=C(O)CC12OC(=O)C(OC1=O)C2c1c(C(=O)OC2C(OC(=O)c3cc(O)c(O)c(O)c3)OC3COC(=O)c4cc(O)c(O)c(O)c4-c4c(cc(O)c(O)c4O)C(=O)OC2C3O)cc(O)c(O)c1O. The van der Waals surface area contributed by atoms with Gasteiger partial charge < -0.3 is 105 Å². The Hall–Kier alpha value is -9.31. The second-order valence-corrected chi connectivity index (χ2v) is 15.4. The summed E-state index contributed by atoms with van der Waals surface area (Å²) < 4.78 is 37.5. The van der Waals surface area contributed by atoms with E-state index < -0.39 is 211 Å². The second kappa shape index (κ2) is 16.2. The summed E-state index contributed by atoms with van der Waals surface area (Å²) in [5.74, 6) is -29.8. The fraction of sp³-hybridized carbons (Fsp3) is 0.244. The maximum atomic E-state index is 14.5. The van der Waals surface area contributed by atoms with Crippen molar-refractivity contribution < 1.29 is 138 Å². The van der Waals surface area contributed by atoms with Gasteiger partial charge in [0.15, 0.2) is 57.8 Å². The number of esters is 6. The van der Waals surface area contributed by atoms with Gasteiger partial charge in [-0.1, -0.05) is 0 Å². The molecule has 3 saturated heterocycles. The second-order valence-electron chi connectivity index (χ2n) is 15.4. The smallest absolute Gasteiger partial charge is 0.352 e. The quantitative estimate of drug-likeness (QED) is 0.0628. The fourth-order valence-corrected chi connectivity index (χ4v) is 8.16. The molecule has 28 heteroatoms. The van der Waals surface area contributed by atoms with Crippen molar-refractivity contribution in [3.8, 4) is 80.1 Å². The fourth-order valence-electron chi connectivity index (χ4n) is 8.16. The number of carboxylic acids is 1. The summed E-state index contributed by atoms with van der Waals surface area (Å²) in [6, 6.07) is 2.23. The molecule has 8 unspecified atom stereocenters. The number of rotatable bonds is 7. The van der Waals surface area contributed by atoms with E-state index in [0.717, 1.165) is 0 Å². The van der Waals surface area contributed by atoms with Gasteiger partial charge in [0.25, 0.3) is 0 Å². The highest BCUT2D eigenvalue weighted by Gasteiger charge is 2.71. The van der Waals surface area contributed by atoms with Crippen molar-refractivity contribution in [2.45, 2.75) is 54.7 Å². The molecule has 8 atom stereocenters. The highest BCUT2D eigenvalue weighted by molar-refractivity contribution is 6.08. The molecule has 0 amide bonds. The van der Waals surface area contributed by atoms with E-state index in [1.165, 1.54) is 0 Å². The van der Waals surface area contributed by atoms with Crippen molar-refractivity contribution in [1.29, 1.82) is 0 Å². The van der Waals surface area contributed by atoms with Crippen molar-refractivity contribution >= 4 is 41.8 Å². The number of carboxylic acid groups (broad SMARTS) is 1. The molecular formula is C41H30O28. The number of aromatic hydroxyl groups is 12. The van der Waals surface area contributed by atoms with Gasteiger partial charge in [0.2, 0.25) is 41.3 Å². The number of fused-ring (bicyclic) bond motifs is 7. The van der Waals surface area contributed by atoms with Gasteiger partial charge in [-0.15, -0.1) is 0 Å². The van der Waals surface area contributed by atoms with Gasteiger partial charge in [-0.3, -0.25) is 4.79 Å². The molecule has 0 aliphatic carbocycles. The third-order valence-corrected chi connectivity index (χ3v) is 11.3. The van der Waals surface area contributed by atoms with Crippen LogP contribution in [0.4, 0.5) is 0 Å². The van der Waals surface area contributed by atoms with E-state index >= 15 is 0 Å². The van der Waals surface area contributed by atoms with Crippen LogP contribution in [0.5, 0.6) is 69.0 Å². The Morgan fingerprint density at radius 1 is 0.638 bits per heavy atom. The van der Waals surface area contributed by atoms with Crippen molar-refractivity contribution in [3.05, 3.63) is 58.1 Å². The molecule has 14 N–H and O–H groups in total. The summed E-state index contributed by atoms with van der Waals surface area (Å²) in [6.07, 6.45) is -15.9. The average Bonchev–Trinajstić information content (AvgIpc) is 3.70. The zero-order chi connectivity index (χ0) is 50.5. The summed E-state index contributed by atoms with van der Waals surface area (Å²) in [4.78, 5) is 94.2. The molecule has 4 aliphatic heterocycles. The minimum Gasteiger partial charge on any atom is -0.504 e. The lowest BCUT2D eigenvalue weighted by Gasteiger charge is -2.42. The van der Waals surface area contributed by atoms with Gasteiger partial charge in [0, 0.05) is 16.7 Å². The zero-order valence-electron chi connectivity index (χ0n) is 33.8. The van der Waals surface area contributed by atoms with Gasteiger partial charge in [0.1, 0.15) is 18.8 Å². The predicted octanol–water partition coefficient (Wildman–Crippen LogP) is -0.536. The molecule has 362 valence electrons. The van der Waals surface area contributed by atoms with Gasteiger partial charge >= 0.3 is 41.8 Å². The first kappa shape index (κ1) is 46.2. The first-order chi connectivity index (χ1) is 32.4. The summed E-state index contributed by atoms with van der Waals surface area (Å²) >= 11 is 0. The first-order valence-electron chi connectivity index (χ1n) is 19.3. The third-order valence-electron chi connectivity index (χ3n) is 11.3. The Morgan fingerprint density at radius 3 is 1.75 bits per heavy atom. The Morgan fingerprint density at radius 2 is 1.17 bits per heavy atom. The van der Waals surface area contributed by atoms with E-state index in [2.05, 4.69) is 0 Å². The van der Waals surface area contributed by atoms with Crippen LogP contribution in [0, 0.1) is 0 Å². The van der Waals surface area contributed by atoms with Crippen LogP contribution in [0.2, 0.25) is 0 Å². The van der Waals surface area contributed by atoms with Crippen LogP contribution in [-0.4, -0.2) is 162 Å². The normalized spacial score (nSPS) is 24.8. The van der Waals surface area contributed by atoms with Crippen LogP contribution in [0.15, 0.2) is 30.3 Å². The molecule has 4 aliphatic rings. The van der Waals surface area contributed by atoms with E-state index in [-0.39, 0.29) is 0 Å². The van der Waals surface area contributed by atoms with Crippen molar-refractivity contribution in [2.75, 3.05) is 6.61 Å². The number of phenols is 12. The van der Waals surface area contributed by atoms with E-state index in [0.29, 0.717) is 30.3 Å². The van der Waals surface area contributed by atoms with Crippen molar-refractivity contribution in [1.82, 2.24) is 0 Å². The maximum Gasteiger partial charge on any atom is 0.352 e. The third kappa shape index (κ3) is 7.21. The van der Waals surface area contributed by atoms with Crippen LogP contribution >= 0.6 is 0 Å². The number of phenolic OH excluding ortho intramolecular Hbond substituents is 12. The lowest BCUT2D eigenvalue weighted by Crippen LogP contribution is -2.62. The van der Waals surface area contributed by atoms with Crippen LogP contribution < -0.4 is 0 Å². The van der Waals surface area contributed by atoms with Crippen LogP contribution in [0.1, 0.15) is 59.3 Å². The topological polar surface area (TPSA) is 467 Å². The number of aliphatic hydroxyl groups is 1. The van der Waals surface area contributed by atoms with Crippen LogP contribution in [-0.2, 0) is 47.5 Å². The molecule has 4 bridgehead atoms. The molecule has 28 nitrogen and oxygen atoms in total. The molecule has 0 radical (unpaired) electrons. The molecule has 0 saturated carbocycles. The van der Waals surface area contributed by atoms with Crippen molar-refractivity contribution in [2.24, 2.45) is 0 Å². The average molecular weight is 971 g/mol. The molecule has 8 rings (SSSR count). The predicted molar refractivity (Wildman–Crippen MR) is 207 cm³/mol. The van der Waals surface area contributed by atoms with Gasteiger partial charge in [-0.2, -0.15) is 0 Å². The Bertz CT molecular complexity index is 2950. The molecule has 4 aromatic rings. The number of hydrogen-bond acceptors (Lipinski definition) is 27. The number of aliphatic hydroxyl groups excluding tert-OH is 1. The first-order valence-corrected chi connectivity index (χ1v) is 19.3. The van der Waals surface area contributed by atoms with Gasteiger partial charge in [-0.05, 0) is 30.3 Å². The van der Waals surface area contributed by atoms with Crippen LogP contribution in [0.25, 0.3) is 11.1 Å². The monoisotopic (exact) mass is 970 g/mol. The molecule has 0 aromatic heterocycles. The van der Waals surface area contributed by atoms with Gasteiger partial charge in [0.05, 0.1) is 34.6 Å². The molecule has 3 fully saturated rings. The summed E-state index contributed by atoms with van der Waals surface area (Å²) in [5, 5.41) is 148. The lowest BCUT2D eigenvalue weighted by atomic mass is 9.78. The molecule has 4 heterocycles. The number of aliphatic carboxylic acids is 1. The van der Waals surface area contributed by atoms with E-state index in [9.17, 15) is 105 Å². The van der Waals surface area contributed by atoms with Crippen LogP contribution in [0.3, 0.4) is 0 Å². The summed E-state index contributed by atoms with van der Waals surface area (Å²) in [7, 11) is 0. The number of cyclic esters (lactones) is 1. The molecular weight excluding hydrogens is 940 g/mol. The largest absolute Gasteiger partial charge is 0.504 e. The minimum absolute atomic E-state index is 0.345. The molecule has 0 spiro atoms. The Kier molecular flexibility index (Phi) is 10.9. The van der Waals surface area contributed by atoms with E-state index in [4.69, 9.17) is 33.2 Å². The minimum atomic E-state index is -2.86. The van der Waals surface area contributed by atoms with Gasteiger partial charge in [-0.25, -0.2) is 28.8 Å². The number of hydrogen-bond donors (Lipinski definition) is 14. The molecule has 69 heavy (non-hydrogen) atoms. The zero-order valence-corrected chi connectivity index (χ0v) is 33.8. The highest BCUT2D eigenvalue weighted by Crippen LogP contribution is 2.57. The molecule has 4 aromatic carbocycles. The van der Waals surface area contributed by atoms with E-state index in [1.807, 2.05) is 0 Å². The number of benzene rings is 4. The highest BCUT2D eigenvalue weighted by atomic mass is 16.7. The Balaban J connectivity index is 1.30. The van der Waals surface area contributed by atoms with Crippen molar-refractivity contribution in [3.63, 3.8) is 0 Å². The Labute approximate surface area is 379 Å². The maximum absolute atomic E-state index is 14.5. The number of carbonyl (C=O) groups is 7. The lowest BCUT2D eigenvalue weighted by molar-refractivity contribution is -0.283. The number of carbonyl (C=O) groups excluding carboxylic acids is 6. The number of ether oxygens (including phenoxy) is 7. The summed E-state index contributed by atoms with van der Waals surface area (Å²) in [5.41, 5.74) is -10.3. The van der Waals surface area contributed by atoms with E-state index in [1.54, 1.807) is 0 Å².